The predicted octanol–water partition coefficient (Wildman–Crippen LogP) is 7.94. The van der Waals surface area contributed by atoms with E-state index in [4.69, 9.17) is 18.5 Å². The number of carbonyl (C=O) groups is 2. The first-order chi connectivity index (χ1) is 28.4. The fourth-order valence-corrected chi connectivity index (χ4v) is 7.05. The van der Waals surface area contributed by atoms with Gasteiger partial charge in [-0.05, 0) is 77.0 Å². The summed E-state index contributed by atoms with van der Waals surface area (Å²) < 4.78 is 33.4. The van der Waals surface area contributed by atoms with Crippen molar-refractivity contribution >= 4 is 19.8 Å². The number of hydrogen-bond donors (Lipinski definition) is 6. The second-order valence-electron chi connectivity index (χ2n) is 14.8. The van der Waals surface area contributed by atoms with Crippen LogP contribution in [0.25, 0.3) is 0 Å². The molecule has 1 aliphatic rings. The summed E-state index contributed by atoms with van der Waals surface area (Å²) in [6.45, 7) is 3.02. The van der Waals surface area contributed by atoms with Crippen LogP contribution in [0, 0.1) is 0 Å². The van der Waals surface area contributed by atoms with E-state index in [2.05, 4.69) is 86.8 Å². The summed E-state index contributed by atoms with van der Waals surface area (Å²) in [4.78, 5) is 35.6. The van der Waals surface area contributed by atoms with Gasteiger partial charge in [-0.2, -0.15) is 0 Å². The zero-order valence-electron chi connectivity index (χ0n) is 35.5. The Morgan fingerprint density at radius 3 is 1.39 bits per heavy atom. The SMILES string of the molecule is CC/C=C\C/C=C\C/C=C\CCCCCCCC(=O)OCC(COP(=O)(O)OC1C(O)C(O)C(O)C(O)C1O)OC(=O)CCCCCCC/C=C\C/C=C\C/C=C\CC. The van der Waals surface area contributed by atoms with Gasteiger partial charge in [0, 0.05) is 12.8 Å². The lowest BCUT2D eigenvalue weighted by Gasteiger charge is -2.41. The number of phosphoric acid groups is 1. The van der Waals surface area contributed by atoms with Gasteiger partial charge in [-0.25, -0.2) is 4.57 Å². The minimum absolute atomic E-state index is 0.0692. The van der Waals surface area contributed by atoms with Gasteiger partial charge in [-0.3, -0.25) is 18.6 Å². The van der Waals surface area contributed by atoms with Crippen LogP contribution in [0.3, 0.4) is 0 Å². The largest absolute Gasteiger partial charge is 0.472 e. The first-order valence-corrected chi connectivity index (χ1v) is 23.2. The Morgan fingerprint density at radius 2 is 0.915 bits per heavy atom. The van der Waals surface area contributed by atoms with Crippen molar-refractivity contribution in [2.75, 3.05) is 13.2 Å². The molecule has 338 valence electrons. The maximum atomic E-state index is 12.8. The van der Waals surface area contributed by atoms with Gasteiger partial charge in [0.05, 0.1) is 6.61 Å². The van der Waals surface area contributed by atoms with Gasteiger partial charge in [0.15, 0.2) is 6.10 Å². The normalized spacial score (nSPS) is 23.1. The van der Waals surface area contributed by atoms with Crippen molar-refractivity contribution in [3.63, 3.8) is 0 Å². The van der Waals surface area contributed by atoms with Gasteiger partial charge in [-0.1, -0.05) is 125 Å². The Bertz CT molecular complexity index is 1310. The van der Waals surface area contributed by atoms with Crippen LogP contribution in [0.15, 0.2) is 72.9 Å². The third-order valence-corrected chi connectivity index (χ3v) is 10.5. The van der Waals surface area contributed by atoms with Crippen molar-refractivity contribution in [2.24, 2.45) is 0 Å². The maximum absolute atomic E-state index is 12.8. The molecule has 0 heterocycles. The molecule has 0 bridgehead atoms. The van der Waals surface area contributed by atoms with Crippen LogP contribution in [0.2, 0.25) is 0 Å². The van der Waals surface area contributed by atoms with E-state index in [1.165, 1.54) is 0 Å². The number of ether oxygens (including phenoxy) is 2. The van der Waals surface area contributed by atoms with Gasteiger partial charge in [-0.15, -0.1) is 0 Å². The van der Waals surface area contributed by atoms with E-state index in [9.17, 15) is 44.6 Å². The van der Waals surface area contributed by atoms with Gasteiger partial charge in [0.25, 0.3) is 0 Å². The van der Waals surface area contributed by atoms with E-state index in [0.29, 0.717) is 12.8 Å². The molecule has 0 saturated heterocycles. The molecule has 1 fully saturated rings. The second-order valence-corrected chi connectivity index (χ2v) is 16.2. The number of rotatable bonds is 34. The van der Waals surface area contributed by atoms with Crippen LogP contribution in [-0.2, 0) is 32.7 Å². The number of phosphoric ester groups is 1. The molecule has 13 nitrogen and oxygen atoms in total. The number of aliphatic hydroxyl groups is 5. The summed E-state index contributed by atoms with van der Waals surface area (Å²) >= 11 is 0. The lowest BCUT2D eigenvalue weighted by Crippen LogP contribution is -2.64. The van der Waals surface area contributed by atoms with Gasteiger partial charge >= 0.3 is 19.8 Å². The summed E-state index contributed by atoms with van der Waals surface area (Å²) in [5.41, 5.74) is 0. The fraction of sp³-hybridized carbons (Fsp3) is 0.689. The summed E-state index contributed by atoms with van der Waals surface area (Å²) in [7, 11) is -5.13. The molecule has 1 rings (SSSR count). The Kier molecular flexibility index (Phi) is 32.2. The zero-order valence-corrected chi connectivity index (χ0v) is 36.4. The van der Waals surface area contributed by atoms with Gasteiger partial charge in [0.2, 0.25) is 0 Å². The number of hydrogen-bond acceptors (Lipinski definition) is 12. The highest BCUT2D eigenvalue weighted by atomic mass is 31.2. The molecule has 0 spiro atoms. The number of esters is 2. The molecular formula is C45H75O13P. The Labute approximate surface area is 353 Å². The van der Waals surface area contributed by atoms with Gasteiger partial charge in [0.1, 0.15) is 43.2 Å². The van der Waals surface area contributed by atoms with Crippen molar-refractivity contribution in [3.05, 3.63) is 72.9 Å². The average Bonchev–Trinajstić information content (AvgIpc) is 3.21. The number of allylic oxidation sites excluding steroid dienone is 12. The number of aliphatic hydroxyl groups excluding tert-OH is 5. The minimum atomic E-state index is -5.13. The molecule has 14 heteroatoms. The topological polar surface area (TPSA) is 210 Å². The van der Waals surface area contributed by atoms with Crippen LogP contribution in [-0.4, -0.2) is 98.3 Å². The molecule has 6 atom stereocenters. The monoisotopic (exact) mass is 854 g/mol. The van der Waals surface area contributed by atoms with Crippen LogP contribution in [0.5, 0.6) is 0 Å². The van der Waals surface area contributed by atoms with E-state index in [-0.39, 0.29) is 12.8 Å². The fourth-order valence-electron chi connectivity index (χ4n) is 6.08. The molecule has 0 amide bonds. The molecule has 0 radical (unpaired) electrons. The lowest BCUT2D eigenvalue weighted by molar-refractivity contribution is -0.220. The Morgan fingerprint density at radius 1 is 0.525 bits per heavy atom. The van der Waals surface area contributed by atoms with Crippen LogP contribution < -0.4 is 0 Å². The van der Waals surface area contributed by atoms with E-state index < -0.39 is 75.7 Å². The molecule has 6 N–H and O–H groups in total. The first-order valence-electron chi connectivity index (χ1n) is 21.7. The van der Waals surface area contributed by atoms with E-state index >= 15 is 0 Å². The van der Waals surface area contributed by atoms with E-state index in [1.807, 2.05) is 0 Å². The summed E-state index contributed by atoms with van der Waals surface area (Å²) in [5, 5.41) is 50.1. The predicted molar refractivity (Wildman–Crippen MR) is 230 cm³/mol. The third-order valence-electron chi connectivity index (χ3n) is 9.54. The minimum Gasteiger partial charge on any atom is -0.462 e. The third kappa shape index (κ3) is 27.7. The highest BCUT2D eigenvalue weighted by Crippen LogP contribution is 2.47. The molecule has 1 saturated carbocycles. The smallest absolute Gasteiger partial charge is 0.462 e. The molecule has 0 aromatic carbocycles. The quantitative estimate of drug-likeness (QED) is 0.0157. The van der Waals surface area contributed by atoms with Crippen molar-refractivity contribution in [1.82, 2.24) is 0 Å². The molecule has 6 unspecified atom stereocenters. The Hall–Kier alpha value is -2.71. The van der Waals surface area contributed by atoms with Gasteiger partial charge < -0.3 is 39.9 Å². The first kappa shape index (κ1) is 54.3. The van der Waals surface area contributed by atoms with Crippen molar-refractivity contribution in [1.29, 1.82) is 0 Å². The second kappa shape index (κ2) is 34.9. The van der Waals surface area contributed by atoms with Crippen molar-refractivity contribution < 1.29 is 63.1 Å². The van der Waals surface area contributed by atoms with Crippen molar-refractivity contribution in [2.45, 2.75) is 185 Å². The summed E-state index contributed by atoms with van der Waals surface area (Å²) in [6.07, 6.45) is 29.6. The highest BCUT2D eigenvalue weighted by molar-refractivity contribution is 7.47. The zero-order chi connectivity index (χ0) is 43.6. The van der Waals surface area contributed by atoms with Crippen molar-refractivity contribution in [3.8, 4) is 0 Å². The van der Waals surface area contributed by atoms with E-state index in [1.54, 1.807) is 0 Å². The molecule has 0 aromatic heterocycles. The number of carbonyl (C=O) groups excluding carboxylic acids is 2. The molecule has 59 heavy (non-hydrogen) atoms. The molecule has 1 aliphatic carbocycles. The van der Waals surface area contributed by atoms with Crippen LogP contribution in [0.4, 0.5) is 0 Å². The Balaban J connectivity index is 2.52. The molecule has 0 aromatic rings. The lowest BCUT2D eigenvalue weighted by atomic mass is 9.85. The summed E-state index contributed by atoms with van der Waals surface area (Å²) in [6, 6.07) is 0. The van der Waals surface area contributed by atoms with E-state index in [0.717, 1.165) is 103 Å². The highest BCUT2D eigenvalue weighted by Gasteiger charge is 2.51. The summed E-state index contributed by atoms with van der Waals surface area (Å²) in [5.74, 6) is -1.15. The standard InChI is InChI=1S/C45H75O13P/c1-3-5-7-9-11-13-15-17-19-21-23-25-27-29-31-33-38(46)55-35-37(36-56-59(53,54)58-45-43(51)41(49)40(48)42(50)44(45)52)57-39(47)34-32-30-28-26-24-22-20-18-16-14-12-10-8-6-4-2/h5-8,11-14,17-20,37,40-45,48-52H,3-4,9-10,15-16,21-36H2,1-2H3,(H,53,54)/b7-5-,8-6-,13-11-,14-12-,19-17-,20-18-. The van der Waals surface area contributed by atoms with Crippen LogP contribution >= 0.6 is 7.82 Å². The maximum Gasteiger partial charge on any atom is 0.472 e. The molecule has 0 aliphatic heterocycles. The average molecular weight is 855 g/mol. The number of unbranched alkanes of at least 4 members (excludes halogenated alkanes) is 10. The van der Waals surface area contributed by atoms with Crippen LogP contribution in [0.1, 0.15) is 142 Å². The molecular weight excluding hydrogens is 779 g/mol.